The summed E-state index contributed by atoms with van der Waals surface area (Å²) in [5, 5.41) is 3.34. The molecule has 24 heavy (non-hydrogen) atoms. The number of likely N-dealkylation sites (tertiary alicyclic amines) is 1. The first kappa shape index (κ1) is 15.8. The maximum absolute atomic E-state index is 12.6. The Morgan fingerprint density at radius 1 is 1.12 bits per heavy atom. The number of rotatable bonds is 3. The molecule has 3 heterocycles. The third-order valence-corrected chi connectivity index (χ3v) is 5.21. The van der Waals surface area contributed by atoms with Crippen LogP contribution in [0.25, 0.3) is 0 Å². The van der Waals surface area contributed by atoms with E-state index in [0.29, 0.717) is 43.9 Å². The number of nitrogens with one attached hydrogen (secondary N) is 1. The summed E-state index contributed by atoms with van der Waals surface area (Å²) >= 11 is 0. The number of hydrogen-bond acceptors (Lipinski definition) is 6. The van der Waals surface area contributed by atoms with Crippen molar-refractivity contribution < 1.29 is 14.3 Å². The van der Waals surface area contributed by atoms with Crippen molar-refractivity contribution in [3.63, 3.8) is 0 Å². The number of amides is 1. The number of carbonyl (C=O) groups excluding carboxylic acids is 1. The standard InChI is InChI=1S/C17H24N4O3/c22-15(21-7-5-17(6-8-21)23-9-10-24-17)13-11-18-16(19-12-13)20-14-3-1-2-4-14/h11-12,14H,1-10H2,(H,18,19,20). The number of ether oxygens (including phenoxy) is 2. The normalized spacial score (nSPS) is 23.8. The highest BCUT2D eigenvalue weighted by Gasteiger charge is 2.40. The average Bonchev–Trinajstić information content (AvgIpc) is 3.28. The van der Waals surface area contributed by atoms with E-state index in [0.717, 1.165) is 12.8 Å². The molecule has 7 nitrogen and oxygen atoms in total. The fraction of sp³-hybridized carbons (Fsp3) is 0.706. The van der Waals surface area contributed by atoms with E-state index in [1.807, 2.05) is 4.90 Å². The summed E-state index contributed by atoms with van der Waals surface area (Å²) in [6.45, 7) is 2.58. The first-order valence-corrected chi connectivity index (χ1v) is 8.90. The predicted molar refractivity (Wildman–Crippen MR) is 87.7 cm³/mol. The van der Waals surface area contributed by atoms with Crippen LogP contribution in [-0.4, -0.2) is 58.9 Å². The van der Waals surface area contributed by atoms with E-state index < -0.39 is 5.79 Å². The molecule has 0 unspecified atom stereocenters. The largest absolute Gasteiger partial charge is 0.351 e. The Hall–Kier alpha value is -1.73. The predicted octanol–water partition coefficient (Wildman–Crippen LogP) is 1.81. The Balaban J connectivity index is 1.34. The van der Waals surface area contributed by atoms with E-state index in [2.05, 4.69) is 15.3 Å². The molecule has 1 aliphatic carbocycles. The molecule has 3 fully saturated rings. The quantitative estimate of drug-likeness (QED) is 0.910. The van der Waals surface area contributed by atoms with Gasteiger partial charge in [-0.2, -0.15) is 0 Å². The van der Waals surface area contributed by atoms with Crippen LogP contribution in [0.1, 0.15) is 48.9 Å². The Bertz CT molecular complexity index is 570. The Morgan fingerprint density at radius 3 is 2.38 bits per heavy atom. The van der Waals surface area contributed by atoms with Gasteiger partial charge in [0.15, 0.2) is 5.79 Å². The van der Waals surface area contributed by atoms with Crippen molar-refractivity contribution in [1.82, 2.24) is 14.9 Å². The molecular formula is C17H24N4O3. The lowest BCUT2D eigenvalue weighted by Crippen LogP contribution is -2.47. The van der Waals surface area contributed by atoms with E-state index >= 15 is 0 Å². The molecule has 1 saturated carbocycles. The minimum absolute atomic E-state index is 0.0183. The second kappa shape index (κ2) is 6.64. The van der Waals surface area contributed by atoms with Crippen LogP contribution in [0.3, 0.4) is 0 Å². The van der Waals surface area contributed by atoms with Crippen LogP contribution < -0.4 is 5.32 Å². The van der Waals surface area contributed by atoms with Gasteiger partial charge in [-0.25, -0.2) is 9.97 Å². The molecule has 1 N–H and O–H groups in total. The third kappa shape index (κ3) is 3.23. The van der Waals surface area contributed by atoms with Crippen molar-refractivity contribution >= 4 is 11.9 Å². The molecule has 7 heteroatoms. The molecule has 1 aromatic rings. The summed E-state index contributed by atoms with van der Waals surface area (Å²) in [5.41, 5.74) is 0.538. The SMILES string of the molecule is O=C(c1cnc(NC2CCCC2)nc1)N1CCC2(CC1)OCCO2. The molecule has 2 aliphatic heterocycles. The van der Waals surface area contributed by atoms with Crippen LogP contribution in [0.2, 0.25) is 0 Å². The van der Waals surface area contributed by atoms with Gasteiger partial charge in [-0.1, -0.05) is 12.8 Å². The Labute approximate surface area is 141 Å². The molecule has 0 aromatic carbocycles. The van der Waals surface area contributed by atoms with Crippen LogP contribution in [0.15, 0.2) is 12.4 Å². The fourth-order valence-corrected chi connectivity index (χ4v) is 3.78. The lowest BCUT2D eigenvalue weighted by Gasteiger charge is -2.37. The van der Waals surface area contributed by atoms with E-state index in [1.54, 1.807) is 12.4 Å². The molecule has 3 aliphatic rings. The minimum Gasteiger partial charge on any atom is -0.351 e. The molecule has 0 atom stereocenters. The van der Waals surface area contributed by atoms with Crippen molar-refractivity contribution in [1.29, 1.82) is 0 Å². The average molecular weight is 332 g/mol. The van der Waals surface area contributed by atoms with Crippen molar-refractivity contribution in [3.05, 3.63) is 18.0 Å². The van der Waals surface area contributed by atoms with E-state index in [1.165, 1.54) is 25.7 Å². The zero-order valence-corrected chi connectivity index (χ0v) is 13.9. The molecular weight excluding hydrogens is 308 g/mol. The lowest BCUT2D eigenvalue weighted by atomic mass is 10.0. The topological polar surface area (TPSA) is 76.6 Å². The van der Waals surface area contributed by atoms with E-state index in [-0.39, 0.29) is 5.91 Å². The van der Waals surface area contributed by atoms with Gasteiger partial charge in [0.2, 0.25) is 5.95 Å². The smallest absolute Gasteiger partial charge is 0.256 e. The van der Waals surface area contributed by atoms with E-state index in [9.17, 15) is 4.79 Å². The number of anilines is 1. The van der Waals surface area contributed by atoms with Crippen LogP contribution in [0.4, 0.5) is 5.95 Å². The summed E-state index contributed by atoms with van der Waals surface area (Å²) in [5.74, 6) is 0.140. The molecule has 0 bridgehead atoms. The second-order valence-electron chi connectivity index (χ2n) is 6.82. The number of aromatic nitrogens is 2. The number of nitrogens with zero attached hydrogens (tertiary/aromatic N) is 3. The summed E-state index contributed by atoms with van der Waals surface area (Å²) < 4.78 is 11.4. The van der Waals surface area contributed by atoms with Gasteiger partial charge in [0.05, 0.1) is 18.8 Å². The number of carbonyl (C=O) groups is 1. The van der Waals surface area contributed by atoms with Crippen LogP contribution >= 0.6 is 0 Å². The lowest BCUT2D eigenvalue weighted by molar-refractivity contribution is -0.181. The molecule has 1 aromatic heterocycles. The van der Waals surface area contributed by atoms with Gasteiger partial charge in [-0.05, 0) is 12.8 Å². The van der Waals surface area contributed by atoms with Crippen molar-refractivity contribution in [2.75, 3.05) is 31.6 Å². The van der Waals surface area contributed by atoms with Crippen LogP contribution in [0, 0.1) is 0 Å². The Morgan fingerprint density at radius 2 is 1.75 bits per heavy atom. The van der Waals surface area contributed by atoms with Gasteiger partial charge in [-0.15, -0.1) is 0 Å². The Kier molecular flexibility index (Phi) is 4.37. The van der Waals surface area contributed by atoms with Gasteiger partial charge >= 0.3 is 0 Å². The van der Waals surface area contributed by atoms with Crippen LogP contribution in [-0.2, 0) is 9.47 Å². The highest BCUT2D eigenvalue weighted by Crippen LogP contribution is 2.31. The molecule has 4 rings (SSSR count). The summed E-state index contributed by atoms with van der Waals surface area (Å²) in [7, 11) is 0. The number of piperidine rings is 1. The second-order valence-corrected chi connectivity index (χ2v) is 6.82. The minimum atomic E-state index is -0.456. The van der Waals surface area contributed by atoms with Gasteiger partial charge in [0.25, 0.3) is 5.91 Å². The highest BCUT2D eigenvalue weighted by atomic mass is 16.7. The van der Waals surface area contributed by atoms with Gasteiger partial charge < -0.3 is 19.7 Å². The summed E-state index contributed by atoms with van der Waals surface area (Å²) in [6, 6.07) is 0.469. The zero-order valence-electron chi connectivity index (χ0n) is 13.9. The molecule has 1 spiro atoms. The molecule has 130 valence electrons. The van der Waals surface area contributed by atoms with Crippen molar-refractivity contribution in [3.8, 4) is 0 Å². The summed E-state index contributed by atoms with van der Waals surface area (Å²) in [4.78, 5) is 23.1. The first-order chi connectivity index (χ1) is 11.7. The zero-order chi connectivity index (χ0) is 16.4. The van der Waals surface area contributed by atoms with Crippen LogP contribution in [0.5, 0.6) is 0 Å². The summed E-state index contributed by atoms with van der Waals surface area (Å²) in [6.07, 6.45) is 9.56. The van der Waals surface area contributed by atoms with Crippen molar-refractivity contribution in [2.24, 2.45) is 0 Å². The number of hydrogen-bond donors (Lipinski definition) is 1. The van der Waals surface area contributed by atoms with Gasteiger partial charge in [0, 0.05) is 44.4 Å². The van der Waals surface area contributed by atoms with Gasteiger partial charge in [0.1, 0.15) is 0 Å². The molecule has 1 amide bonds. The first-order valence-electron chi connectivity index (χ1n) is 8.90. The maximum Gasteiger partial charge on any atom is 0.256 e. The monoisotopic (exact) mass is 332 g/mol. The fourth-order valence-electron chi connectivity index (χ4n) is 3.78. The highest BCUT2D eigenvalue weighted by molar-refractivity contribution is 5.93. The molecule has 0 radical (unpaired) electrons. The maximum atomic E-state index is 12.6. The third-order valence-electron chi connectivity index (χ3n) is 5.21. The van der Waals surface area contributed by atoms with Gasteiger partial charge in [-0.3, -0.25) is 4.79 Å². The molecule has 2 saturated heterocycles. The van der Waals surface area contributed by atoms with Crippen molar-refractivity contribution in [2.45, 2.75) is 50.4 Å². The van der Waals surface area contributed by atoms with E-state index in [4.69, 9.17) is 9.47 Å².